The van der Waals surface area contributed by atoms with E-state index >= 15 is 0 Å². The Balaban J connectivity index is 2.72. The van der Waals surface area contributed by atoms with Gasteiger partial charge in [-0.15, -0.1) is 0 Å². The van der Waals surface area contributed by atoms with Gasteiger partial charge in [-0.05, 0) is 13.3 Å². The number of aryl methyl sites for hydroxylation is 1. The standard InChI is InChI=1S/C9H14N2O2/c1-4-9(13-7(3)12)8-5-10-6(2)11-8/h5,9H,4H2,1-3H3,(H,10,11). The topological polar surface area (TPSA) is 55.0 Å². The minimum Gasteiger partial charge on any atom is -0.456 e. The predicted molar refractivity (Wildman–Crippen MR) is 48.1 cm³/mol. The zero-order valence-corrected chi connectivity index (χ0v) is 8.13. The number of nitrogens with one attached hydrogen (secondary N) is 1. The quantitative estimate of drug-likeness (QED) is 0.724. The predicted octanol–water partition coefficient (Wildman–Crippen LogP) is 1.73. The van der Waals surface area contributed by atoms with Crippen molar-refractivity contribution in [2.45, 2.75) is 33.3 Å². The van der Waals surface area contributed by atoms with E-state index in [2.05, 4.69) is 9.97 Å². The molecular weight excluding hydrogens is 168 g/mol. The van der Waals surface area contributed by atoms with Crippen LogP contribution >= 0.6 is 0 Å². The van der Waals surface area contributed by atoms with Crippen LogP contribution in [0.5, 0.6) is 0 Å². The van der Waals surface area contributed by atoms with Gasteiger partial charge < -0.3 is 9.72 Å². The van der Waals surface area contributed by atoms with Crippen LogP contribution in [-0.2, 0) is 9.53 Å². The second kappa shape index (κ2) is 4.07. The van der Waals surface area contributed by atoms with Gasteiger partial charge in [0.05, 0.1) is 11.9 Å². The number of ether oxygens (including phenoxy) is 1. The molecule has 1 aromatic rings. The maximum atomic E-state index is 10.7. The van der Waals surface area contributed by atoms with E-state index in [9.17, 15) is 4.79 Å². The van der Waals surface area contributed by atoms with Gasteiger partial charge in [0.25, 0.3) is 0 Å². The van der Waals surface area contributed by atoms with Crippen LogP contribution < -0.4 is 0 Å². The monoisotopic (exact) mass is 182 g/mol. The highest BCUT2D eigenvalue weighted by Crippen LogP contribution is 2.18. The number of hydrogen-bond donors (Lipinski definition) is 1. The Hall–Kier alpha value is -1.32. The van der Waals surface area contributed by atoms with Gasteiger partial charge in [-0.3, -0.25) is 4.79 Å². The fourth-order valence-electron chi connectivity index (χ4n) is 1.17. The number of nitrogens with zero attached hydrogens (tertiary/aromatic N) is 1. The van der Waals surface area contributed by atoms with Crippen molar-refractivity contribution in [3.63, 3.8) is 0 Å². The van der Waals surface area contributed by atoms with Crippen LogP contribution in [0, 0.1) is 6.92 Å². The summed E-state index contributed by atoms with van der Waals surface area (Å²) in [6.45, 7) is 5.24. The second-order valence-corrected chi connectivity index (χ2v) is 2.93. The third kappa shape index (κ3) is 2.57. The number of H-pyrrole nitrogens is 1. The van der Waals surface area contributed by atoms with E-state index in [-0.39, 0.29) is 12.1 Å². The first-order chi connectivity index (χ1) is 6.13. The van der Waals surface area contributed by atoms with E-state index in [0.29, 0.717) is 0 Å². The zero-order valence-electron chi connectivity index (χ0n) is 8.13. The van der Waals surface area contributed by atoms with Crippen molar-refractivity contribution in [3.8, 4) is 0 Å². The molecule has 1 aromatic heterocycles. The van der Waals surface area contributed by atoms with Gasteiger partial charge in [0, 0.05) is 6.92 Å². The molecule has 1 rings (SSSR count). The molecular formula is C9H14N2O2. The summed E-state index contributed by atoms with van der Waals surface area (Å²) in [6.07, 6.45) is 2.26. The van der Waals surface area contributed by atoms with Crippen LogP contribution in [0.15, 0.2) is 6.20 Å². The van der Waals surface area contributed by atoms with E-state index in [0.717, 1.165) is 17.9 Å². The Labute approximate surface area is 77.3 Å². The van der Waals surface area contributed by atoms with E-state index in [1.807, 2.05) is 13.8 Å². The lowest BCUT2D eigenvalue weighted by molar-refractivity contribution is -0.147. The summed E-state index contributed by atoms with van der Waals surface area (Å²) >= 11 is 0. The molecule has 1 atom stereocenters. The van der Waals surface area contributed by atoms with Crippen LogP contribution in [0.2, 0.25) is 0 Å². The molecule has 4 heteroatoms. The summed E-state index contributed by atoms with van der Waals surface area (Å²) in [5.74, 6) is 0.569. The number of carbonyl (C=O) groups excluding carboxylic acids is 1. The van der Waals surface area contributed by atoms with Gasteiger partial charge in [0.2, 0.25) is 0 Å². The number of imidazole rings is 1. The lowest BCUT2D eigenvalue weighted by atomic mass is 10.2. The molecule has 0 aliphatic heterocycles. The SMILES string of the molecule is CCC(OC(C)=O)c1cnc(C)[nH]1. The summed E-state index contributed by atoms with van der Waals surface area (Å²) in [6, 6.07) is 0. The van der Waals surface area contributed by atoms with Crippen molar-refractivity contribution in [1.29, 1.82) is 0 Å². The number of carbonyl (C=O) groups is 1. The fraction of sp³-hybridized carbons (Fsp3) is 0.556. The van der Waals surface area contributed by atoms with Gasteiger partial charge in [-0.2, -0.15) is 0 Å². The van der Waals surface area contributed by atoms with Crippen molar-refractivity contribution in [1.82, 2.24) is 9.97 Å². The van der Waals surface area contributed by atoms with Crippen molar-refractivity contribution >= 4 is 5.97 Å². The minimum atomic E-state index is -0.265. The van der Waals surface area contributed by atoms with E-state index in [1.54, 1.807) is 6.20 Å². The highest BCUT2D eigenvalue weighted by atomic mass is 16.5. The maximum Gasteiger partial charge on any atom is 0.303 e. The van der Waals surface area contributed by atoms with Crippen molar-refractivity contribution in [2.24, 2.45) is 0 Å². The Morgan fingerprint density at radius 3 is 2.85 bits per heavy atom. The van der Waals surface area contributed by atoms with E-state index in [1.165, 1.54) is 6.92 Å². The molecule has 0 fully saturated rings. The molecule has 0 aromatic carbocycles. The van der Waals surface area contributed by atoms with Crippen molar-refractivity contribution in [3.05, 3.63) is 17.7 Å². The molecule has 0 aliphatic carbocycles. The summed E-state index contributed by atoms with van der Waals surface area (Å²) in [5.41, 5.74) is 0.857. The number of rotatable bonds is 3. The van der Waals surface area contributed by atoms with Gasteiger partial charge >= 0.3 is 5.97 Å². The summed E-state index contributed by atoms with van der Waals surface area (Å²) in [7, 11) is 0. The molecule has 72 valence electrons. The zero-order chi connectivity index (χ0) is 9.84. The molecule has 1 N–H and O–H groups in total. The molecule has 0 aliphatic rings. The van der Waals surface area contributed by atoms with Crippen LogP contribution in [0.3, 0.4) is 0 Å². The highest BCUT2D eigenvalue weighted by molar-refractivity contribution is 5.66. The fourth-order valence-corrected chi connectivity index (χ4v) is 1.17. The first-order valence-electron chi connectivity index (χ1n) is 4.32. The molecule has 0 amide bonds. The van der Waals surface area contributed by atoms with Gasteiger partial charge in [-0.25, -0.2) is 4.98 Å². The smallest absolute Gasteiger partial charge is 0.303 e. The molecule has 0 radical (unpaired) electrons. The van der Waals surface area contributed by atoms with Crippen LogP contribution in [0.4, 0.5) is 0 Å². The minimum absolute atomic E-state index is 0.196. The van der Waals surface area contributed by atoms with Crippen molar-refractivity contribution in [2.75, 3.05) is 0 Å². The summed E-state index contributed by atoms with van der Waals surface area (Å²) < 4.78 is 5.09. The normalized spacial score (nSPS) is 12.5. The molecule has 4 nitrogen and oxygen atoms in total. The van der Waals surface area contributed by atoms with Crippen LogP contribution in [-0.4, -0.2) is 15.9 Å². The summed E-state index contributed by atoms with van der Waals surface area (Å²) in [4.78, 5) is 17.8. The number of aromatic amines is 1. The lowest BCUT2D eigenvalue weighted by Gasteiger charge is -2.12. The van der Waals surface area contributed by atoms with Crippen LogP contribution in [0.1, 0.15) is 37.9 Å². The van der Waals surface area contributed by atoms with E-state index < -0.39 is 0 Å². The van der Waals surface area contributed by atoms with E-state index in [4.69, 9.17) is 4.74 Å². The average Bonchev–Trinajstić information content (AvgIpc) is 2.47. The van der Waals surface area contributed by atoms with Gasteiger partial charge in [-0.1, -0.05) is 6.92 Å². The first kappa shape index (κ1) is 9.77. The number of aromatic nitrogens is 2. The highest BCUT2D eigenvalue weighted by Gasteiger charge is 2.13. The van der Waals surface area contributed by atoms with Crippen molar-refractivity contribution < 1.29 is 9.53 Å². The Bertz CT molecular complexity index is 294. The molecule has 0 spiro atoms. The molecule has 0 saturated carbocycles. The summed E-state index contributed by atoms with van der Waals surface area (Å²) in [5, 5.41) is 0. The maximum absolute atomic E-state index is 10.7. The molecule has 1 heterocycles. The third-order valence-electron chi connectivity index (χ3n) is 1.75. The second-order valence-electron chi connectivity index (χ2n) is 2.93. The van der Waals surface area contributed by atoms with Gasteiger partial charge in [0.15, 0.2) is 0 Å². The lowest BCUT2D eigenvalue weighted by Crippen LogP contribution is -2.07. The average molecular weight is 182 g/mol. The Kier molecular flexibility index (Phi) is 3.06. The molecule has 0 saturated heterocycles. The number of hydrogen-bond acceptors (Lipinski definition) is 3. The molecule has 13 heavy (non-hydrogen) atoms. The first-order valence-corrected chi connectivity index (χ1v) is 4.32. The Morgan fingerprint density at radius 1 is 1.77 bits per heavy atom. The Morgan fingerprint density at radius 2 is 2.46 bits per heavy atom. The van der Waals surface area contributed by atoms with Gasteiger partial charge in [0.1, 0.15) is 11.9 Å². The molecule has 1 unspecified atom stereocenters. The number of esters is 1. The largest absolute Gasteiger partial charge is 0.456 e. The third-order valence-corrected chi connectivity index (χ3v) is 1.75. The van der Waals surface area contributed by atoms with Crippen LogP contribution in [0.25, 0.3) is 0 Å². The molecule has 0 bridgehead atoms.